The number of aryl methyl sites for hydroxylation is 1. The second kappa shape index (κ2) is 9.99. The summed E-state index contributed by atoms with van der Waals surface area (Å²) in [5, 5.41) is 6.38. The average Bonchev–Trinajstić information content (AvgIpc) is 3.78. The number of anilines is 3. The Hall–Kier alpha value is -5.26. The molecule has 5 heterocycles. The van der Waals surface area contributed by atoms with Crippen LogP contribution in [0.15, 0.2) is 114 Å². The summed E-state index contributed by atoms with van der Waals surface area (Å²) in [6.07, 6.45) is 0. The standard InChI is InChI=1S/C47H39BN2OS/c1-26-21-37-42-38(22-26)50-43-32(41-31-14-9-11-18-40(31)52-45(41)50)23-28(47(5,6)7)24-34(43)48(42)33-20-19-27(46(2,3)4)25-36(33)49(37)35-16-12-15-30-29-13-8-10-17-39(29)51-44(30)35/h8-25H,1-7H3. The molecule has 0 fully saturated rings. The lowest BCUT2D eigenvalue weighted by atomic mass is 9.33. The van der Waals surface area contributed by atoms with Crippen molar-refractivity contribution in [2.75, 3.05) is 4.90 Å². The van der Waals surface area contributed by atoms with Crippen molar-refractivity contribution in [3.63, 3.8) is 0 Å². The van der Waals surface area contributed by atoms with E-state index in [1.165, 1.54) is 81.3 Å². The zero-order chi connectivity index (χ0) is 35.4. The number of rotatable bonds is 1. The van der Waals surface area contributed by atoms with Gasteiger partial charge < -0.3 is 13.9 Å². The van der Waals surface area contributed by atoms with Crippen molar-refractivity contribution < 1.29 is 4.42 Å². The van der Waals surface area contributed by atoms with Gasteiger partial charge in [0.2, 0.25) is 0 Å². The van der Waals surface area contributed by atoms with Gasteiger partial charge in [-0.2, -0.15) is 0 Å². The summed E-state index contributed by atoms with van der Waals surface area (Å²) in [5.74, 6) is 0. The quantitative estimate of drug-likeness (QED) is 0.160. The lowest BCUT2D eigenvalue weighted by Gasteiger charge is -2.41. The van der Waals surface area contributed by atoms with E-state index in [1.54, 1.807) is 0 Å². The smallest absolute Gasteiger partial charge is 0.252 e. The molecule has 0 bridgehead atoms. The maximum atomic E-state index is 6.78. The zero-order valence-electron chi connectivity index (χ0n) is 30.7. The molecular formula is C47H39BN2OS. The number of para-hydroxylation sites is 2. The molecule has 2 aliphatic heterocycles. The first kappa shape index (κ1) is 30.4. The van der Waals surface area contributed by atoms with Gasteiger partial charge in [-0.1, -0.05) is 108 Å². The highest BCUT2D eigenvalue weighted by atomic mass is 32.1. The van der Waals surface area contributed by atoms with Crippen molar-refractivity contribution >= 4 is 105 Å². The van der Waals surface area contributed by atoms with Gasteiger partial charge in [-0.05, 0) is 93.3 Å². The van der Waals surface area contributed by atoms with Crippen molar-refractivity contribution in [1.29, 1.82) is 0 Å². The molecule has 0 aliphatic carbocycles. The third-order valence-corrected chi connectivity index (χ3v) is 12.9. The molecule has 3 nitrogen and oxygen atoms in total. The molecule has 0 radical (unpaired) electrons. The fourth-order valence-corrected chi connectivity index (χ4v) is 10.4. The molecule has 252 valence electrons. The van der Waals surface area contributed by atoms with Crippen LogP contribution in [0.3, 0.4) is 0 Å². The van der Waals surface area contributed by atoms with Gasteiger partial charge in [0, 0.05) is 48.7 Å². The number of hydrogen-bond donors (Lipinski definition) is 0. The molecule has 0 atom stereocenters. The van der Waals surface area contributed by atoms with E-state index in [1.807, 2.05) is 11.3 Å². The van der Waals surface area contributed by atoms with E-state index in [4.69, 9.17) is 4.42 Å². The number of aromatic nitrogens is 1. The monoisotopic (exact) mass is 690 g/mol. The lowest BCUT2D eigenvalue weighted by Crippen LogP contribution is -2.60. The van der Waals surface area contributed by atoms with Crippen LogP contribution in [0.5, 0.6) is 0 Å². The molecule has 0 spiro atoms. The first-order valence-corrected chi connectivity index (χ1v) is 19.3. The second-order valence-electron chi connectivity index (χ2n) is 17.1. The topological polar surface area (TPSA) is 21.3 Å². The van der Waals surface area contributed by atoms with Gasteiger partial charge in [0.1, 0.15) is 10.4 Å². The Morgan fingerprint density at radius 2 is 1.33 bits per heavy atom. The molecule has 0 unspecified atom stereocenters. The molecule has 0 amide bonds. The van der Waals surface area contributed by atoms with E-state index in [9.17, 15) is 0 Å². The fourth-order valence-electron chi connectivity index (χ4n) is 9.18. The van der Waals surface area contributed by atoms with E-state index in [0.29, 0.717) is 0 Å². The third-order valence-electron chi connectivity index (χ3n) is 11.7. The molecule has 5 heteroatoms. The fraction of sp³-hybridized carbons (Fsp3) is 0.191. The summed E-state index contributed by atoms with van der Waals surface area (Å²) < 4.78 is 10.7. The predicted octanol–water partition coefficient (Wildman–Crippen LogP) is 11.4. The number of furan rings is 1. The Bertz CT molecular complexity index is 3020. The van der Waals surface area contributed by atoms with Crippen LogP contribution < -0.4 is 21.3 Å². The number of thiophene rings is 1. The molecule has 11 rings (SSSR count). The van der Waals surface area contributed by atoms with Crippen molar-refractivity contribution in [3.05, 3.63) is 126 Å². The molecule has 9 aromatic rings. The Kier molecular flexibility index (Phi) is 5.84. The van der Waals surface area contributed by atoms with Gasteiger partial charge in [-0.15, -0.1) is 11.3 Å². The van der Waals surface area contributed by atoms with Crippen LogP contribution in [0.25, 0.3) is 58.8 Å². The van der Waals surface area contributed by atoms with Gasteiger partial charge >= 0.3 is 0 Å². The van der Waals surface area contributed by atoms with E-state index in [2.05, 4.69) is 167 Å². The zero-order valence-corrected chi connectivity index (χ0v) is 31.5. The minimum Gasteiger partial charge on any atom is -0.454 e. The van der Waals surface area contributed by atoms with Crippen molar-refractivity contribution in [3.8, 4) is 5.69 Å². The minimum absolute atomic E-state index is 0.0160. The average molecular weight is 691 g/mol. The highest BCUT2D eigenvalue weighted by Gasteiger charge is 2.44. The number of fused-ring (bicyclic) bond motifs is 12. The normalized spacial score (nSPS) is 14.0. The maximum absolute atomic E-state index is 6.78. The van der Waals surface area contributed by atoms with Crippen molar-refractivity contribution in [1.82, 2.24) is 4.57 Å². The van der Waals surface area contributed by atoms with Crippen LogP contribution in [0.2, 0.25) is 0 Å². The number of nitrogens with zero attached hydrogens (tertiary/aromatic N) is 2. The Morgan fingerprint density at radius 3 is 2.13 bits per heavy atom. The largest absolute Gasteiger partial charge is 0.454 e. The summed E-state index contributed by atoms with van der Waals surface area (Å²) in [5.41, 5.74) is 16.0. The molecular weight excluding hydrogens is 651 g/mol. The Labute approximate surface area is 308 Å². The van der Waals surface area contributed by atoms with E-state index in [0.717, 1.165) is 27.6 Å². The minimum atomic E-state index is -0.0176. The molecule has 0 saturated carbocycles. The summed E-state index contributed by atoms with van der Waals surface area (Å²) >= 11 is 1.92. The molecule has 6 aromatic carbocycles. The first-order valence-electron chi connectivity index (χ1n) is 18.5. The van der Waals surface area contributed by atoms with E-state index >= 15 is 0 Å². The van der Waals surface area contributed by atoms with Gasteiger partial charge in [-0.3, -0.25) is 0 Å². The SMILES string of the molecule is Cc1cc2c3c(c1)-n1c4sc5ccccc5c4c4cc(C(C)(C)C)cc(c41)B3c1ccc(C(C)(C)C)cc1N2c1cccc2c1oc1ccccc12. The highest BCUT2D eigenvalue weighted by Crippen LogP contribution is 2.48. The Morgan fingerprint density at radius 1 is 0.596 bits per heavy atom. The Balaban J connectivity index is 1.33. The first-order chi connectivity index (χ1) is 25.0. The van der Waals surface area contributed by atoms with Gasteiger partial charge in [-0.25, -0.2) is 0 Å². The molecule has 52 heavy (non-hydrogen) atoms. The van der Waals surface area contributed by atoms with Gasteiger partial charge in [0.05, 0.1) is 11.2 Å². The number of hydrogen-bond acceptors (Lipinski definition) is 3. The van der Waals surface area contributed by atoms with E-state index in [-0.39, 0.29) is 17.5 Å². The summed E-state index contributed by atoms with van der Waals surface area (Å²) in [6, 6.07) is 41.2. The van der Waals surface area contributed by atoms with Crippen LogP contribution in [-0.4, -0.2) is 11.3 Å². The predicted molar refractivity (Wildman–Crippen MR) is 225 cm³/mol. The molecule has 3 aromatic heterocycles. The van der Waals surface area contributed by atoms with Crippen LogP contribution in [0, 0.1) is 6.92 Å². The number of benzene rings is 6. The van der Waals surface area contributed by atoms with Crippen LogP contribution in [0.4, 0.5) is 17.1 Å². The summed E-state index contributed by atoms with van der Waals surface area (Å²) in [4.78, 5) is 3.86. The van der Waals surface area contributed by atoms with Gasteiger partial charge in [0.15, 0.2) is 5.58 Å². The lowest BCUT2D eigenvalue weighted by molar-refractivity contribution is 0.590. The third kappa shape index (κ3) is 3.92. The van der Waals surface area contributed by atoms with E-state index < -0.39 is 0 Å². The molecule has 0 saturated heterocycles. The van der Waals surface area contributed by atoms with Crippen molar-refractivity contribution in [2.45, 2.75) is 59.3 Å². The van der Waals surface area contributed by atoms with Crippen LogP contribution >= 0.6 is 11.3 Å². The summed E-state index contributed by atoms with van der Waals surface area (Å²) in [7, 11) is 0. The molecule has 2 aliphatic rings. The molecule has 0 N–H and O–H groups in total. The van der Waals surface area contributed by atoms with Crippen LogP contribution in [-0.2, 0) is 10.8 Å². The van der Waals surface area contributed by atoms with Crippen molar-refractivity contribution in [2.24, 2.45) is 0 Å². The summed E-state index contributed by atoms with van der Waals surface area (Å²) in [6.45, 7) is 16.4. The maximum Gasteiger partial charge on any atom is 0.252 e. The van der Waals surface area contributed by atoms with Gasteiger partial charge in [0.25, 0.3) is 6.71 Å². The second-order valence-corrected chi connectivity index (χ2v) is 18.1. The van der Waals surface area contributed by atoms with Crippen LogP contribution in [0.1, 0.15) is 58.2 Å². The highest BCUT2D eigenvalue weighted by molar-refractivity contribution is 7.26.